The number of hydrogen-bond acceptors (Lipinski definition) is 3. The maximum Gasteiger partial charge on any atom is 0.412 e. The van der Waals surface area contributed by atoms with Crippen LogP contribution >= 0.6 is 0 Å². The number of alkyl halides is 3. The highest BCUT2D eigenvalue weighted by Crippen LogP contribution is 2.36. The van der Waals surface area contributed by atoms with Gasteiger partial charge >= 0.3 is 12.3 Å². The van der Waals surface area contributed by atoms with Crippen molar-refractivity contribution in [1.29, 1.82) is 0 Å². The van der Waals surface area contributed by atoms with Crippen LogP contribution in [0.25, 0.3) is 0 Å². The van der Waals surface area contributed by atoms with Crippen molar-refractivity contribution in [1.82, 2.24) is 0 Å². The standard InChI is InChI=1S/C14H18F4N2O2/c1-13(2,3)22-12(21)20-8-4-5-11(15)9(6-8)10(7-19)14(16,17)18/h4-6,10H,7,19H2,1-3H3,(H,20,21). The predicted octanol–water partition coefficient (Wildman–Crippen LogP) is 3.78. The number of hydrogen-bond donors (Lipinski definition) is 2. The first kappa shape index (κ1) is 18.2. The minimum atomic E-state index is -4.68. The van der Waals surface area contributed by atoms with Crippen LogP contribution in [0.2, 0.25) is 0 Å². The van der Waals surface area contributed by atoms with Crippen molar-refractivity contribution in [2.45, 2.75) is 38.5 Å². The quantitative estimate of drug-likeness (QED) is 0.833. The molecule has 1 unspecified atom stereocenters. The van der Waals surface area contributed by atoms with Crippen LogP contribution in [0.3, 0.4) is 0 Å². The molecule has 0 bridgehead atoms. The van der Waals surface area contributed by atoms with E-state index in [9.17, 15) is 22.4 Å². The highest BCUT2D eigenvalue weighted by atomic mass is 19.4. The summed E-state index contributed by atoms with van der Waals surface area (Å²) in [6, 6.07) is 2.90. The molecule has 0 saturated heterocycles. The van der Waals surface area contributed by atoms with Crippen LogP contribution < -0.4 is 11.1 Å². The smallest absolute Gasteiger partial charge is 0.412 e. The first-order valence-electron chi connectivity index (χ1n) is 6.50. The summed E-state index contributed by atoms with van der Waals surface area (Å²) < 4.78 is 57.2. The van der Waals surface area contributed by atoms with Crippen LogP contribution in [0.5, 0.6) is 0 Å². The maximum absolute atomic E-state index is 13.6. The van der Waals surface area contributed by atoms with E-state index in [2.05, 4.69) is 5.32 Å². The zero-order valence-electron chi connectivity index (χ0n) is 12.4. The number of carbonyl (C=O) groups excluding carboxylic acids is 1. The van der Waals surface area contributed by atoms with Gasteiger partial charge in [0.15, 0.2) is 0 Å². The van der Waals surface area contributed by atoms with Crippen molar-refractivity contribution in [3.63, 3.8) is 0 Å². The van der Waals surface area contributed by atoms with E-state index in [1.807, 2.05) is 0 Å². The normalized spacial score (nSPS) is 13.6. The number of anilines is 1. The summed E-state index contributed by atoms with van der Waals surface area (Å²) in [5.41, 5.74) is 3.70. The molecule has 0 heterocycles. The van der Waals surface area contributed by atoms with Crippen molar-refractivity contribution >= 4 is 11.8 Å². The van der Waals surface area contributed by atoms with E-state index in [-0.39, 0.29) is 5.69 Å². The average Bonchev–Trinajstić information content (AvgIpc) is 2.29. The topological polar surface area (TPSA) is 64.3 Å². The van der Waals surface area contributed by atoms with Gasteiger partial charge in [-0.05, 0) is 39.0 Å². The molecule has 0 aliphatic carbocycles. The second-order valence-corrected chi connectivity index (χ2v) is 5.69. The zero-order valence-corrected chi connectivity index (χ0v) is 12.4. The zero-order chi connectivity index (χ0) is 17.1. The van der Waals surface area contributed by atoms with Gasteiger partial charge in [-0.15, -0.1) is 0 Å². The minimum absolute atomic E-state index is 0.00616. The largest absolute Gasteiger partial charge is 0.444 e. The monoisotopic (exact) mass is 322 g/mol. The van der Waals surface area contributed by atoms with Gasteiger partial charge in [0.05, 0.1) is 5.92 Å². The van der Waals surface area contributed by atoms with E-state index in [1.165, 1.54) is 0 Å². The molecule has 8 heteroatoms. The predicted molar refractivity (Wildman–Crippen MR) is 74.1 cm³/mol. The van der Waals surface area contributed by atoms with Crippen molar-refractivity contribution in [3.8, 4) is 0 Å². The molecule has 0 radical (unpaired) electrons. The Labute approximate surface area is 125 Å². The van der Waals surface area contributed by atoms with Gasteiger partial charge in [-0.2, -0.15) is 13.2 Å². The number of carbonyl (C=O) groups is 1. The summed E-state index contributed by atoms with van der Waals surface area (Å²) in [5.74, 6) is -3.18. The molecule has 0 aromatic heterocycles. The number of amides is 1. The minimum Gasteiger partial charge on any atom is -0.444 e. The fraction of sp³-hybridized carbons (Fsp3) is 0.500. The number of nitrogens with two attached hydrogens (primary N) is 1. The number of benzene rings is 1. The van der Waals surface area contributed by atoms with Crippen LogP contribution in [-0.2, 0) is 4.74 Å². The molecule has 1 rings (SSSR count). The third-order valence-electron chi connectivity index (χ3n) is 2.65. The second kappa shape index (κ2) is 6.51. The van der Waals surface area contributed by atoms with Crippen LogP contribution in [0.1, 0.15) is 32.3 Å². The van der Waals surface area contributed by atoms with Gasteiger partial charge in [0.1, 0.15) is 11.4 Å². The lowest BCUT2D eigenvalue weighted by Crippen LogP contribution is -2.29. The molecular formula is C14H18F4N2O2. The second-order valence-electron chi connectivity index (χ2n) is 5.69. The SMILES string of the molecule is CC(C)(C)OC(=O)Nc1ccc(F)c(C(CN)C(F)(F)F)c1. The lowest BCUT2D eigenvalue weighted by molar-refractivity contribution is -0.148. The molecule has 1 atom stereocenters. The third kappa shape index (κ3) is 5.18. The van der Waals surface area contributed by atoms with E-state index in [1.54, 1.807) is 20.8 Å². The highest BCUT2D eigenvalue weighted by Gasteiger charge is 2.41. The first-order chi connectivity index (χ1) is 9.94. The summed E-state index contributed by atoms with van der Waals surface area (Å²) in [7, 11) is 0. The molecule has 124 valence electrons. The molecule has 3 N–H and O–H groups in total. The van der Waals surface area contributed by atoms with Crippen molar-refractivity contribution < 1.29 is 27.1 Å². The molecule has 0 aliphatic rings. The van der Waals surface area contributed by atoms with Crippen LogP contribution in [0.4, 0.5) is 28.0 Å². The molecular weight excluding hydrogens is 304 g/mol. The summed E-state index contributed by atoms with van der Waals surface area (Å²) >= 11 is 0. The molecule has 4 nitrogen and oxygen atoms in total. The molecule has 1 aromatic rings. The summed E-state index contributed by atoms with van der Waals surface area (Å²) in [4.78, 5) is 11.6. The fourth-order valence-electron chi connectivity index (χ4n) is 1.75. The number of nitrogens with one attached hydrogen (secondary N) is 1. The van der Waals surface area contributed by atoms with Gasteiger partial charge in [0.25, 0.3) is 0 Å². The van der Waals surface area contributed by atoms with Gasteiger partial charge in [-0.3, -0.25) is 5.32 Å². The van der Waals surface area contributed by atoms with Gasteiger partial charge in [-0.1, -0.05) is 0 Å². The van der Waals surface area contributed by atoms with Crippen molar-refractivity contribution in [3.05, 3.63) is 29.6 Å². The lowest BCUT2D eigenvalue weighted by atomic mass is 9.97. The number of halogens is 4. The van der Waals surface area contributed by atoms with Crippen LogP contribution in [0.15, 0.2) is 18.2 Å². The van der Waals surface area contributed by atoms with Crippen LogP contribution in [-0.4, -0.2) is 24.4 Å². The van der Waals surface area contributed by atoms with Gasteiger partial charge < -0.3 is 10.5 Å². The Bertz CT molecular complexity index is 539. The van der Waals surface area contributed by atoms with Gasteiger partial charge in [0.2, 0.25) is 0 Å². The van der Waals surface area contributed by atoms with E-state index in [0.29, 0.717) is 0 Å². The molecule has 0 aliphatic heterocycles. The van der Waals surface area contributed by atoms with Crippen molar-refractivity contribution in [2.24, 2.45) is 5.73 Å². The Balaban J connectivity index is 3.02. The Kier molecular flexibility index (Phi) is 5.39. The highest BCUT2D eigenvalue weighted by molar-refractivity contribution is 5.85. The molecule has 22 heavy (non-hydrogen) atoms. The van der Waals surface area contributed by atoms with E-state index < -0.39 is 41.7 Å². The lowest BCUT2D eigenvalue weighted by Gasteiger charge is -2.21. The summed E-state index contributed by atoms with van der Waals surface area (Å²) in [6.07, 6.45) is -5.53. The summed E-state index contributed by atoms with van der Waals surface area (Å²) in [5, 5.41) is 2.26. The number of rotatable bonds is 3. The molecule has 0 saturated carbocycles. The number of ether oxygens (including phenoxy) is 1. The Morgan fingerprint density at radius 2 is 1.91 bits per heavy atom. The van der Waals surface area contributed by atoms with E-state index in [4.69, 9.17) is 10.5 Å². The third-order valence-corrected chi connectivity index (χ3v) is 2.65. The fourth-order valence-corrected chi connectivity index (χ4v) is 1.75. The van der Waals surface area contributed by atoms with E-state index in [0.717, 1.165) is 18.2 Å². The Hall–Kier alpha value is -1.83. The van der Waals surface area contributed by atoms with Crippen LogP contribution in [0, 0.1) is 5.82 Å². The van der Waals surface area contributed by atoms with Gasteiger partial charge in [-0.25, -0.2) is 9.18 Å². The molecule has 1 amide bonds. The molecule has 0 spiro atoms. The van der Waals surface area contributed by atoms with Gasteiger partial charge in [0, 0.05) is 17.8 Å². The summed E-state index contributed by atoms with van der Waals surface area (Å²) in [6.45, 7) is 4.11. The maximum atomic E-state index is 13.6. The Morgan fingerprint density at radius 1 is 1.32 bits per heavy atom. The van der Waals surface area contributed by atoms with Crippen molar-refractivity contribution in [2.75, 3.05) is 11.9 Å². The molecule has 1 aromatic carbocycles. The molecule has 0 fully saturated rings. The van der Waals surface area contributed by atoms with E-state index >= 15 is 0 Å². The Morgan fingerprint density at radius 3 is 2.36 bits per heavy atom. The average molecular weight is 322 g/mol. The first-order valence-corrected chi connectivity index (χ1v) is 6.50.